The van der Waals surface area contributed by atoms with Gasteiger partial charge in [0.1, 0.15) is 4.88 Å². The molecule has 0 bridgehead atoms. The molecule has 0 fully saturated rings. The van der Waals surface area contributed by atoms with Crippen LogP contribution >= 0.6 is 11.3 Å². The third-order valence-corrected chi connectivity index (χ3v) is 4.82. The molecular formula is C20H15N3OS. The van der Waals surface area contributed by atoms with E-state index in [1.165, 1.54) is 11.3 Å². The van der Waals surface area contributed by atoms with E-state index in [1.807, 2.05) is 72.8 Å². The van der Waals surface area contributed by atoms with Gasteiger partial charge in [0, 0.05) is 16.6 Å². The van der Waals surface area contributed by atoms with Crippen LogP contribution in [0.15, 0.2) is 72.8 Å². The number of nitrogens with one attached hydrogen (secondary N) is 1. The molecule has 0 unspecified atom stereocenters. The van der Waals surface area contributed by atoms with E-state index in [0.717, 1.165) is 22.0 Å². The highest BCUT2D eigenvalue weighted by Crippen LogP contribution is 2.31. The van der Waals surface area contributed by atoms with Gasteiger partial charge < -0.3 is 11.1 Å². The summed E-state index contributed by atoms with van der Waals surface area (Å²) in [5.41, 5.74) is 8.12. The van der Waals surface area contributed by atoms with E-state index >= 15 is 0 Å². The lowest BCUT2D eigenvalue weighted by Gasteiger charge is -2.08. The summed E-state index contributed by atoms with van der Waals surface area (Å²) in [4.78, 5) is 17.7. The first-order chi connectivity index (χ1) is 12.2. The largest absolute Gasteiger partial charge is 0.375 e. The smallest absolute Gasteiger partial charge is 0.268 e. The predicted octanol–water partition coefficient (Wildman–Crippen LogP) is 4.80. The van der Waals surface area contributed by atoms with Crippen LogP contribution < -0.4 is 11.1 Å². The molecule has 0 aliphatic carbocycles. The van der Waals surface area contributed by atoms with Crippen LogP contribution in [0.3, 0.4) is 0 Å². The first kappa shape index (κ1) is 15.4. The Hall–Kier alpha value is -3.18. The molecule has 0 atom stereocenters. The molecule has 0 radical (unpaired) electrons. The number of thiazole rings is 1. The van der Waals surface area contributed by atoms with Gasteiger partial charge >= 0.3 is 0 Å². The van der Waals surface area contributed by atoms with Gasteiger partial charge in [0.2, 0.25) is 0 Å². The number of amides is 1. The van der Waals surface area contributed by atoms with Crippen LogP contribution in [0.5, 0.6) is 0 Å². The fourth-order valence-electron chi connectivity index (χ4n) is 2.80. The number of nitrogens with two attached hydrogens (primary N) is 1. The number of nitrogens with zero attached hydrogens (tertiary/aromatic N) is 1. The van der Waals surface area contributed by atoms with Crippen molar-refractivity contribution in [3.8, 4) is 11.3 Å². The zero-order chi connectivity index (χ0) is 17.2. The van der Waals surface area contributed by atoms with Crippen LogP contribution in [0.4, 0.5) is 10.8 Å². The Morgan fingerprint density at radius 1 is 0.920 bits per heavy atom. The number of carbonyl (C=O) groups is 1. The Morgan fingerprint density at radius 3 is 2.48 bits per heavy atom. The molecule has 0 saturated heterocycles. The van der Waals surface area contributed by atoms with E-state index in [2.05, 4.69) is 10.3 Å². The summed E-state index contributed by atoms with van der Waals surface area (Å²) in [6.45, 7) is 0. The second-order valence-corrected chi connectivity index (χ2v) is 6.61. The fraction of sp³-hybridized carbons (Fsp3) is 0. The molecule has 4 aromatic rings. The molecular weight excluding hydrogens is 330 g/mol. The highest BCUT2D eigenvalue weighted by atomic mass is 32.1. The topological polar surface area (TPSA) is 68.0 Å². The van der Waals surface area contributed by atoms with Gasteiger partial charge in [-0.1, -0.05) is 78.1 Å². The summed E-state index contributed by atoms with van der Waals surface area (Å²) in [6, 6.07) is 23.4. The van der Waals surface area contributed by atoms with Gasteiger partial charge in [0.05, 0.1) is 5.69 Å². The number of aromatic nitrogens is 1. The molecule has 1 amide bonds. The average Bonchev–Trinajstić information content (AvgIpc) is 3.05. The molecule has 0 saturated carbocycles. The molecule has 1 heterocycles. The third-order valence-electron chi connectivity index (χ3n) is 3.93. The Morgan fingerprint density at radius 2 is 1.64 bits per heavy atom. The zero-order valence-corrected chi connectivity index (χ0v) is 14.1. The quantitative estimate of drug-likeness (QED) is 0.560. The lowest BCUT2D eigenvalue weighted by atomic mass is 10.1. The highest BCUT2D eigenvalue weighted by molar-refractivity contribution is 7.17. The van der Waals surface area contributed by atoms with E-state index in [1.54, 1.807) is 0 Å². The van der Waals surface area contributed by atoms with Crippen LogP contribution in [0, 0.1) is 0 Å². The van der Waals surface area contributed by atoms with Crippen molar-refractivity contribution in [3.05, 3.63) is 77.7 Å². The summed E-state index contributed by atoms with van der Waals surface area (Å²) in [5, 5.41) is 5.45. The lowest BCUT2D eigenvalue weighted by molar-refractivity contribution is 0.103. The van der Waals surface area contributed by atoms with Crippen molar-refractivity contribution >= 4 is 38.8 Å². The minimum atomic E-state index is -0.204. The van der Waals surface area contributed by atoms with Crippen molar-refractivity contribution < 1.29 is 4.79 Å². The first-order valence-electron chi connectivity index (χ1n) is 7.83. The van der Waals surface area contributed by atoms with Gasteiger partial charge in [-0.3, -0.25) is 4.79 Å². The van der Waals surface area contributed by atoms with Crippen LogP contribution in [-0.4, -0.2) is 10.9 Å². The molecule has 0 aliphatic heterocycles. The van der Waals surface area contributed by atoms with E-state index in [0.29, 0.717) is 15.7 Å². The average molecular weight is 345 g/mol. The van der Waals surface area contributed by atoms with E-state index < -0.39 is 0 Å². The van der Waals surface area contributed by atoms with E-state index in [9.17, 15) is 4.79 Å². The van der Waals surface area contributed by atoms with Crippen molar-refractivity contribution in [2.75, 3.05) is 11.1 Å². The van der Waals surface area contributed by atoms with E-state index in [4.69, 9.17) is 5.73 Å². The Bertz CT molecular complexity index is 1050. The number of hydrogen-bond donors (Lipinski definition) is 2. The number of nitrogen functional groups attached to an aromatic ring is 1. The number of carbonyl (C=O) groups excluding carboxylic acids is 1. The maximum Gasteiger partial charge on any atom is 0.268 e. The monoisotopic (exact) mass is 345 g/mol. The zero-order valence-electron chi connectivity index (χ0n) is 13.3. The molecule has 0 spiro atoms. The second-order valence-electron chi connectivity index (χ2n) is 5.58. The molecule has 4 nitrogen and oxygen atoms in total. The maximum absolute atomic E-state index is 12.9. The minimum Gasteiger partial charge on any atom is -0.375 e. The molecule has 25 heavy (non-hydrogen) atoms. The summed E-state index contributed by atoms with van der Waals surface area (Å²) in [7, 11) is 0. The van der Waals surface area contributed by atoms with Crippen LogP contribution in [0.25, 0.3) is 22.0 Å². The number of anilines is 2. The Balaban J connectivity index is 1.73. The first-order valence-corrected chi connectivity index (χ1v) is 8.65. The van der Waals surface area contributed by atoms with E-state index in [-0.39, 0.29) is 5.91 Å². The third kappa shape index (κ3) is 2.97. The molecule has 3 aromatic carbocycles. The highest BCUT2D eigenvalue weighted by Gasteiger charge is 2.19. The number of benzene rings is 3. The fourth-order valence-corrected chi connectivity index (χ4v) is 3.55. The molecule has 1 aromatic heterocycles. The van der Waals surface area contributed by atoms with Crippen LogP contribution in [0.1, 0.15) is 9.67 Å². The normalized spacial score (nSPS) is 10.7. The maximum atomic E-state index is 12.9. The van der Waals surface area contributed by atoms with Crippen molar-refractivity contribution in [3.63, 3.8) is 0 Å². The van der Waals surface area contributed by atoms with Gasteiger partial charge in [0.25, 0.3) is 5.91 Å². The van der Waals surface area contributed by atoms with Gasteiger partial charge in [-0.15, -0.1) is 0 Å². The van der Waals surface area contributed by atoms with Gasteiger partial charge in [-0.2, -0.15) is 0 Å². The Kier molecular flexibility index (Phi) is 3.91. The molecule has 0 aliphatic rings. The summed E-state index contributed by atoms with van der Waals surface area (Å²) >= 11 is 1.20. The standard InChI is InChI=1S/C20H15N3OS/c21-20-23-17(14-8-2-1-3-9-14)18(25-20)19(24)22-16-12-6-10-13-7-4-5-11-15(13)16/h1-12H,(H2,21,23)(H,22,24). The predicted molar refractivity (Wildman–Crippen MR) is 104 cm³/mol. The molecule has 122 valence electrons. The van der Waals surface area contributed by atoms with Crippen molar-refractivity contribution in [1.29, 1.82) is 0 Å². The molecule has 5 heteroatoms. The van der Waals surface area contributed by atoms with Gasteiger partial charge in [-0.25, -0.2) is 4.98 Å². The summed E-state index contributed by atoms with van der Waals surface area (Å²) < 4.78 is 0. The number of fused-ring (bicyclic) bond motifs is 1. The lowest BCUT2D eigenvalue weighted by Crippen LogP contribution is -2.11. The van der Waals surface area contributed by atoms with Crippen LogP contribution in [0.2, 0.25) is 0 Å². The van der Waals surface area contributed by atoms with Gasteiger partial charge in [-0.05, 0) is 11.5 Å². The minimum absolute atomic E-state index is 0.204. The van der Waals surface area contributed by atoms with Gasteiger partial charge in [0.15, 0.2) is 5.13 Å². The van der Waals surface area contributed by atoms with Crippen molar-refractivity contribution in [2.24, 2.45) is 0 Å². The van der Waals surface area contributed by atoms with Crippen molar-refractivity contribution in [2.45, 2.75) is 0 Å². The SMILES string of the molecule is Nc1nc(-c2ccccc2)c(C(=O)Nc2cccc3ccccc23)s1. The number of hydrogen-bond acceptors (Lipinski definition) is 4. The van der Waals surface area contributed by atoms with Crippen LogP contribution in [-0.2, 0) is 0 Å². The second kappa shape index (κ2) is 6.37. The summed E-state index contributed by atoms with van der Waals surface area (Å²) in [6.07, 6.45) is 0. The molecule has 4 rings (SSSR count). The summed E-state index contributed by atoms with van der Waals surface area (Å²) in [5.74, 6) is -0.204. The van der Waals surface area contributed by atoms with Crippen molar-refractivity contribution in [1.82, 2.24) is 4.98 Å². The Labute approximate surface area is 149 Å². The number of rotatable bonds is 3. The molecule has 3 N–H and O–H groups in total.